The Bertz CT molecular complexity index is 144. The highest BCUT2D eigenvalue weighted by Crippen LogP contribution is 1.92. The summed E-state index contributed by atoms with van der Waals surface area (Å²) in [4.78, 5) is 0. The number of aromatic amines is 1. The van der Waals surface area contributed by atoms with Gasteiger partial charge < -0.3 is 0 Å². The van der Waals surface area contributed by atoms with Crippen molar-refractivity contribution in [2.75, 3.05) is 0 Å². The lowest BCUT2D eigenvalue weighted by atomic mass is 10.4. The minimum absolute atomic E-state index is 0. The van der Waals surface area contributed by atoms with Gasteiger partial charge in [0, 0.05) is 7.12 Å². The van der Waals surface area contributed by atoms with Gasteiger partial charge in [-0.3, -0.25) is 5.10 Å². The van der Waals surface area contributed by atoms with Gasteiger partial charge in [-0.1, -0.05) is 13.8 Å². The first-order valence-electron chi connectivity index (χ1n) is 3.27. The molecular weight excluding hydrogens is 112 g/mol. The van der Waals surface area contributed by atoms with E-state index in [1.54, 1.807) is 0 Å². The van der Waals surface area contributed by atoms with E-state index in [0.717, 1.165) is 11.4 Å². The second-order valence-electron chi connectivity index (χ2n) is 1.69. The van der Waals surface area contributed by atoms with Crippen LogP contribution < -0.4 is 0 Å². The SMILES string of the molecule is CC.Cc1cc(C)[nH]n1.[HH]. The second-order valence-corrected chi connectivity index (χ2v) is 1.69. The Morgan fingerprint density at radius 1 is 1.44 bits per heavy atom. The molecule has 0 unspecified atom stereocenters. The largest absolute Gasteiger partial charge is 0.283 e. The Balaban J connectivity index is 0. The maximum atomic E-state index is 3.89. The molecule has 0 aliphatic rings. The molecule has 0 atom stereocenters. The predicted octanol–water partition coefficient (Wildman–Crippen LogP) is 2.30. The van der Waals surface area contributed by atoms with Crippen LogP contribution in [0.25, 0.3) is 0 Å². The Labute approximate surface area is 57.8 Å². The van der Waals surface area contributed by atoms with Gasteiger partial charge in [-0.15, -0.1) is 0 Å². The van der Waals surface area contributed by atoms with Crippen LogP contribution in [0.4, 0.5) is 0 Å². The van der Waals surface area contributed by atoms with Crippen molar-refractivity contribution in [1.29, 1.82) is 0 Å². The highest BCUT2D eigenvalue weighted by molar-refractivity contribution is 5.03. The molecule has 0 spiro atoms. The molecule has 1 rings (SSSR count). The Morgan fingerprint density at radius 2 is 2.00 bits per heavy atom. The molecule has 0 bridgehead atoms. The van der Waals surface area contributed by atoms with Crippen LogP contribution in [0.1, 0.15) is 26.7 Å². The van der Waals surface area contributed by atoms with Gasteiger partial charge in [-0.25, -0.2) is 0 Å². The molecule has 0 aliphatic carbocycles. The van der Waals surface area contributed by atoms with E-state index in [1.807, 2.05) is 33.8 Å². The van der Waals surface area contributed by atoms with E-state index in [0.29, 0.717) is 0 Å². The summed E-state index contributed by atoms with van der Waals surface area (Å²) in [6.45, 7) is 7.95. The molecule has 1 aromatic heterocycles. The average molecular weight is 128 g/mol. The Morgan fingerprint density at radius 3 is 2.11 bits per heavy atom. The fourth-order valence-electron chi connectivity index (χ4n) is 0.554. The zero-order valence-corrected chi connectivity index (χ0v) is 6.52. The second kappa shape index (κ2) is 4.13. The zero-order valence-electron chi connectivity index (χ0n) is 6.52. The molecular formula is C7H16N2. The van der Waals surface area contributed by atoms with E-state index < -0.39 is 0 Å². The van der Waals surface area contributed by atoms with Crippen molar-refractivity contribution in [3.63, 3.8) is 0 Å². The lowest BCUT2D eigenvalue weighted by Gasteiger charge is -1.68. The van der Waals surface area contributed by atoms with E-state index in [1.165, 1.54) is 0 Å². The summed E-state index contributed by atoms with van der Waals surface area (Å²) in [7, 11) is 0. The zero-order chi connectivity index (χ0) is 7.28. The minimum Gasteiger partial charge on any atom is -0.283 e. The summed E-state index contributed by atoms with van der Waals surface area (Å²) >= 11 is 0. The summed E-state index contributed by atoms with van der Waals surface area (Å²) < 4.78 is 0. The molecule has 54 valence electrons. The first kappa shape index (κ1) is 8.21. The van der Waals surface area contributed by atoms with Crippen LogP contribution in [0.15, 0.2) is 6.07 Å². The maximum Gasteiger partial charge on any atom is 0.0593 e. The lowest BCUT2D eigenvalue weighted by molar-refractivity contribution is 1.02. The molecule has 1 N–H and O–H groups in total. The quantitative estimate of drug-likeness (QED) is 0.570. The van der Waals surface area contributed by atoms with Crippen LogP contribution in [0, 0.1) is 13.8 Å². The molecule has 1 aromatic rings. The third-order valence-corrected chi connectivity index (χ3v) is 0.834. The van der Waals surface area contributed by atoms with Gasteiger partial charge in [0.1, 0.15) is 0 Å². The van der Waals surface area contributed by atoms with Crippen molar-refractivity contribution in [2.45, 2.75) is 27.7 Å². The molecule has 2 nitrogen and oxygen atoms in total. The fraction of sp³-hybridized carbons (Fsp3) is 0.571. The van der Waals surface area contributed by atoms with Gasteiger partial charge in [0.15, 0.2) is 0 Å². The summed E-state index contributed by atoms with van der Waals surface area (Å²) in [5.74, 6) is 0. The van der Waals surface area contributed by atoms with Crippen molar-refractivity contribution < 1.29 is 1.43 Å². The van der Waals surface area contributed by atoms with E-state index in [4.69, 9.17) is 0 Å². The molecule has 0 saturated carbocycles. The molecule has 0 aliphatic heterocycles. The van der Waals surface area contributed by atoms with Crippen molar-refractivity contribution in [1.82, 2.24) is 10.2 Å². The fourth-order valence-corrected chi connectivity index (χ4v) is 0.554. The molecule has 0 fully saturated rings. The van der Waals surface area contributed by atoms with Gasteiger partial charge in [0.25, 0.3) is 0 Å². The number of hydrogen-bond donors (Lipinski definition) is 1. The van der Waals surface area contributed by atoms with E-state index >= 15 is 0 Å². The summed E-state index contributed by atoms with van der Waals surface area (Å²) in [5.41, 5.74) is 2.18. The van der Waals surface area contributed by atoms with Crippen LogP contribution in [0.3, 0.4) is 0 Å². The number of hydrogen-bond acceptors (Lipinski definition) is 1. The van der Waals surface area contributed by atoms with Crippen LogP contribution in [0.5, 0.6) is 0 Å². The van der Waals surface area contributed by atoms with Crippen LogP contribution in [-0.4, -0.2) is 10.2 Å². The minimum atomic E-state index is 0. The van der Waals surface area contributed by atoms with Gasteiger partial charge in [-0.05, 0) is 19.9 Å². The lowest BCUT2D eigenvalue weighted by Crippen LogP contribution is -1.68. The molecule has 0 amide bonds. The van der Waals surface area contributed by atoms with Gasteiger partial charge in [-0.2, -0.15) is 5.10 Å². The Kier molecular flexibility index (Phi) is 3.76. The number of H-pyrrole nitrogens is 1. The smallest absolute Gasteiger partial charge is 0.0593 e. The third kappa shape index (κ3) is 2.90. The van der Waals surface area contributed by atoms with Crippen molar-refractivity contribution >= 4 is 0 Å². The van der Waals surface area contributed by atoms with E-state index in [-0.39, 0.29) is 1.43 Å². The number of rotatable bonds is 0. The summed E-state index contributed by atoms with van der Waals surface area (Å²) in [5, 5.41) is 6.71. The van der Waals surface area contributed by atoms with Gasteiger partial charge >= 0.3 is 0 Å². The third-order valence-electron chi connectivity index (χ3n) is 0.834. The highest BCUT2D eigenvalue weighted by atomic mass is 15.1. The van der Waals surface area contributed by atoms with Crippen LogP contribution in [0.2, 0.25) is 0 Å². The first-order valence-corrected chi connectivity index (χ1v) is 3.27. The molecule has 0 aromatic carbocycles. The van der Waals surface area contributed by atoms with Crippen molar-refractivity contribution in [3.8, 4) is 0 Å². The molecule has 0 saturated heterocycles. The monoisotopic (exact) mass is 128 g/mol. The molecule has 9 heavy (non-hydrogen) atoms. The standard InChI is InChI=1S/C5H8N2.C2H6.H2/c1-4-3-5(2)7-6-4;1-2;/h3H,1-2H3,(H,6,7);1-2H3;1H. The molecule has 0 radical (unpaired) electrons. The van der Waals surface area contributed by atoms with E-state index in [9.17, 15) is 0 Å². The van der Waals surface area contributed by atoms with Crippen molar-refractivity contribution in [2.24, 2.45) is 0 Å². The molecule has 1 heterocycles. The van der Waals surface area contributed by atoms with Crippen LogP contribution in [-0.2, 0) is 0 Å². The van der Waals surface area contributed by atoms with E-state index in [2.05, 4.69) is 10.2 Å². The average Bonchev–Trinajstić information content (AvgIpc) is 2.20. The molecule has 2 heteroatoms. The van der Waals surface area contributed by atoms with Gasteiger partial charge in [0.05, 0.1) is 5.69 Å². The normalized spacial score (nSPS) is 8.00. The van der Waals surface area contributed by atoms with Gasteiger partial charge in [0.2, 0.25) is 0 Å². The maximum absolute atomic E-state index is 3.89. The number of aryl methyl sites for hydroxylation is 2. The number of nitrogens with one attached hydrogen (secondary N) is 1. The number of nitrogens with zero attached hydrogens (tertiary/aromatic N) is 1. The first-order chi connectivity index (χ1) is 4.29. The predicted molar refractivity (Wildman–Crippen MR) is 41.5 cm³/mol. The topological polar surface area (TPSA) is 28.7 Å². The Hall–Kier alpha value is -0.790. The summed E-state index contributed by atoms with van der Waals surface area (Å²) in [6.07, 6.45) is 0. The van der Waals surface area contributed by atoms with Crippen LogP contribution >= 0.6 is 0 Å². The number of aromatic nitrogens is 2. The van der Waals surface area contributed by atoms with Crippen molar-refractivity contribution in [3.05, 3.63) is 17.5 Å². The highest BCUT2D eigenvalue weighted by Gasteiger charge is 1.84. The summed E-state index contributed by atoms with van der Waals surface area (Å²) in [6, 6.07) is 2.00.